The summed E-state index contributed by atoms with van der Waals surface area (Å²) in [5.74, 6) is 0.126. The average Bonchev–Trinajstić information content (AvgIpc) is 3.12. The molecule has 2 rings (SSSR count). The smallest absolute Gasteiger partial charge is 0.221 e. The highest BCUT2D eigenvalue weighted by atomic mass is 16.1. The molecule has 0 bridgehead atoms. The molecule has 1 fully saturated rings. The fourth-order valence-electron chi connectivity index (χ4n) is 2.38. The number of hydrogen-bond acceptors (Lipinski definition) is 2. The fraction of sp³-hybridized carbons (Fsp3) is 0.562. The van der Waals surface area contributed by atoms with Crippen molar-refractivity contribution < 1.29 is 4.79 Å². The van der Waals surface area contributed by atoms with Gasteiger partial charge >= 0.3 is 0 Å². The number of aryl methyl sites for hydroxylation is 2. The van der Waals surface area contributed by atoms with Gasteiger partial charge in [-0.15, -0.1) is 0 Å². The Morgan fingerprint density at radius 1 is 1.37 bits per heavy atom. The first-order valence-corrected chi connectivity index (χ1v) is 7.16. The van der Waals surface area contributed by atoms with Crippen molar-refractivity contribution in [2.45, 2.75) is 52.1 Å². The summed E-state index contributed by atoms with van der Waals surface area (Å²) in [6.45, 7) is 7.02. The van der Waals surface area contributed by atoms with Crippen LogP contribution in [0, 0.1) is 13.8 Å². The van der Waals surface area contributed by atoms with Crippen LogP contribution in [0.4, 0.5) is 0 Å². The predicted octanol–water partition coefficient (Wildman–Crippen LogP) is 2.62. The lowest BCUT2D eigenvalue weighted by Crippen LogP contribution is -2.30. The van der Waals surface area contributed by atoms with Crippen molar-refractivity contribution >= 4 is 5.91 Å². The first kappa shape index (κ1) is 14.1. The van der Waals surface area contributed by atoms with E-state index in [0.29, 0.717) is 12.5 Å². The standard InChI is InChI=1S/C16H24N2O/c1-11-4-7-15(12(2)10-11)13(3)18-16(19)8-9-17-14-5-6-14/h4,7,10,13-14,17H,5-6,8-9H2,1-3H3,(H,18,19). The van der Waals surface area contributed by atoms with E-state index in [1.807, 2.05) is 6.92 Å². The number of nitrogens with one attached hydrogen (secondary N) is 2. The molecule has 3 heteroatoms. The van der Waals surface area contributed by atoms with Crippen LogP contribution in [0.1, 0.15) is 48.9 Å². The van der Waals surface area contributed by atoms with E-state index in [2.05, 4.69) is 42.7 Å². The van der Waals surface area contributed by atoms with Crippen molar-refractivity contribution in [2.75, 3.05) is 6.54 Å². The maximum absolute atomic E-state index is 11.9. The molecule has 3 nitrogen and oxygen atoms in total. The molecule has 0 heterocycles. The monoisotopic (exact) mass is 260 g/mol. The van der Waals surface area contributed by atoms with Gasteiger partial charge in [-0.3, -0.25) is 4.79 Å². The molecule has 1 aliphatic rings. The van der Waals surface area contributed by atoms with E-state index in [9.17, 15) is 4.79 Å². The van der Waals surface area contributed by atoms with Gasteiger partial charge in [-0.2, -0.15) is 0 Å². The summed E-state index contributed by atoms with van der Waals surface area (Å²) in [6, 6.07) is 7.11. The van der Waals surface area contributed by atoms with Gasteiger partial charge in [0.1, 0.15) is 0 Å². The molecular weight excluding hydrogens is 236 g/mol. The Balaban J connectivity index is 1.81. The molecule has 1 unspecified atom stereocenters. The molecule has 0 spiro atoms. The van der Waals surface area contributed by atoms with Gasteiger partial charge in [-0.25, -0.2) is 0 Å². The minimum absolute atomic E-state index is 0.0778. The van der Waals surface area contributed by atoms with Crippen molar-refractivity contribution in [3.05, 3.63) is 34.9 Å². The summed E-state index contributed by atoms with van der Waals surface area (Å²) >= 11 is 0. The van der Waals surface area contributed by atoms with Crippen LogP contribution in [0.2, 0.25) is 0 Å². The van der Waals surface area contributed by atoms with E-state index < -0.39 is 0 Å². The molecule has 1 atom stereocenters. The summed E-state index contributed by atoms with van der Waals surface area (Å²) in [4.78, 5) is 11.9. The third-order valence-electron chi connectivity index (χ3n) is 3.63. The van der Waals surface area contributed by atoms with E-state index in [4.69, 9.17) is 0 Å². The second-order valence-corrected chi connectivity index (χ2v) is 5.63. The first-order valence-electron chi connectivity index (χ1n) is 7.16. The molecule has 0 aromatic heterocycles. The van der Waals surface area contributed by atoms with Crippen molar-refractivity contribution in [2.24, 2.45) is 0 Å². The number of carbonyl (C=O) groups is 1. The molecule has 1 saturated carbocycles. The molecule has 1 aromatic rings. The Bertz CT molecular complexity index is 452. The third-order valence-corrected chi connectivity index (χ3v) is 3.63. The Morgan fingerprint density at radius 2 is 2.11 bits per heavy atom. The van der Waals surface area contributed by atoms with Gasteiger partial charge in [0.15, 0.2) is 0 Å². The van der Waals surface area contributed by atoms with Crippen LogP contribution in [0.25, 0.3) is 0 Å². The number of rotatable bonds is 6. The van der Waals surface area contributed by atoms with Crippen molar-refractivity contribution in [1.82, 2.24) is 10.6 Å². The minimum Gasteiger partial charge on any atom is -0.350 e. The van der Waals surface area contributed by atoms with Gasteiger partial charge in [0.25, 0.3) is 0 Å². The molecule has 1 aliphatic carbocycles. The molecule has 104 valence electrons. The molecule has 2 N–H and O–H groups in total. The number of hydrogen-bond donors (Lipinski definition) is 2. The molecule has 0 saturated heterocycles. The highest BCUT2D eigenvalue weighted by Gasteiger charge is 2.20. The summed E-state index contributed by atoms with van der Waals surface area (Å²) < 4.78 is 0. The minimum atomic E-state index is 0.0778. The Hall–Kier alpha value is -1.35. The quantitative estimate of drug-likeness (QED) is 0.825. The Kier molecular flexibility index (Phi) is 4.59. The van der Waals surface area contributed by atoms with Crippen LogP contribution in [-0.2, 0) is 4.79 Å². The average molecular weight is 260 g/mol. The van der Waals surface area contributed by atoms with Crippen LogP contribution in [0.3, 0.4) is 0 Å². The summed E-state index contributed by atoms with van der Waals surface area (Å²) in [6.07, 6.45) is 3.09. The van der Waals surface area contributed by atoms with Crippen LogP contribution < -0.4 is 10.6 Å². The largest absolute Gasteiger partial charge is 0.350 e. The van der Waals surface area contributed by atoms with Gasteiger partial charge in [0, 0.05) is 19.0 Å². The van der Waals surface area contributed by atoms with Gasteiger partial charge < -0.3 is 10.6 Å². The molecule has 0 aliphatic heterocycles. The van der Waals surface area contributed by atoms with Crippen molar-refractivity contribution in [1.29, 1.82) is 0 Å². The second-order valence-electron chi connectivity index (χ2n) is 5.63. The summed E-state index contributed by atoms with van der Waals surface area (Å²) in [7, 11) is 0. The first-order chi connectivity index (χ1) is 9.06. The third kappa shape index (κ3) is 4.35. The molecule has 1 amide bonds. The highest BCUT2D eigenvalue weighted by molar-refractivity contribution is 5.76. The van der Waals surface area contributed by atoms with E-state index in [1.165, 1.54) is 29.5 Å². The van der Waals surface area contributed by atoms with Gasteiger partial charge in [0.05, 0.1) is 6.04 Å². The number of carbonyl (C=O) groups excluding carboxylic acids is 1. The number of amides is 1. The van der Waals surface area contributed by atoms with Gasteiger partial charge in [-0.1, -0.05) is 23.8 Å². The van der Waals surface area contributed by atoms with Gasteiger partial charge in [0.2, 0.25) is 5.91 Å². The molecule has 19 heavy (non-hydrogen) atoms. The highest BCUT2D eigenvalue weighted by Crippen LogP contribution is 2.19. The van der Waals surface area contributed by atoms with Crippen LogP contribution in [-0.4, -0.2) is 18.5 Å². The van der Waals surface area contributed by atoms with E-state index in [1.54, 1.807) is 0 Å². The zero-order chi connectivity index (χ0) is 13.8. The normalized spacial score (nSPS) is 16.2. The van der Waals surface area contributed by atoms with Crippen LogP contribution in [0.15, 0.2) is 18.2 Å². The topological polar surface area (TPSA) is 41.1 Å². The Morgan fingerprint density at radius 3 is 2.74 bits per heavy atom. The lowest BCUT2D eigenvalue weighted by Gasteiger charge is -2.17. The van der Waals surface area contributed by atoms with E-state index in [-0.39, 0.29) is 11.9 Å². The predicted molar refractivity (Wildman–Crippen MR) is 78.1 cm³/mol. The van der Waals surface area contributed by atoms with Gasteiger partial charge in [-0.05, 0) is 44.7 Å². The maximum Gasteiger partial charge on any atom is 0.221 e. The van der Waals surface area contributed by atoms with Crippen LogP contribution >= 0.6 is 0 Å². The zero-order valence-electron chi connectivity index (χ0n) is 12.1. The molecule has 1 aromatic carbocycles. The number of benzene rings is 1. The van der Waals surface area contributed by atoms with E-state index in [0.717, 1.165) is 6.54 Å². The maximum atomic E-state index is 11.9. The summed E-state index contributed by atoms with van der Waals surface area (Å²) in [5, 5.41) is 6.43. The molecular formula is C16H24N2O. The van der Waals surface area contributed by atoms with E-state index >= 15 is 0 Å². The fourth-order valence-corrected chi connectivity index (χ4v) is 2.38. The summed E-state index contributed by atoms with van der Waals surface area (Å²) in [5.41, 5.74) is 3.70. The second kappa shape index (κ2) is 6.20. The Labute approximate surface area is 115 Å². The molecule has 0 radical (unpaired) electrons. The SMILES string of the molecule is Cc1ccc(C(C)NC(=O)CCNC2CC2)c(C)c1. The zero-order valence-corrected chi connectivity index (χ0v) is 12.1. The lowest BCUT2D eigenvalue weighted by atomic mass is 10.0. The van der Waals surface area contributed by atoms with Crippen molar-refractivity contribution in [3.63, 3.8) is 0 Å². The lowest BCUT2D eigenvalue weighted by molar-refractivity contribution is -0.121. The van der Waals surface area contributed by atoms with Crippen LogP contribution in [0.5, 0.6) is 0 Å². The van der Waals surface area contributed by atoms with Crippen molar-refractivity contribution in [3.8, 4) is 0 Å².